The number of aliphatic hydroxyl groups excluding tert-OH is 2. The van der Waals surface area contributed by atoms with Crippen molar-refractivity contribution in [3.05, 3.63) is 52.3 Å². The van der Waals surface area contributed by atoms with Gasteiger partial charge in [-0.15, -0.1) is 0 Å². The van der Waals surface area contributed by atoms with Gasteiger partial charge < -0.3 is 20.4 Å². The summed E-state index contributed by atoms with van der Waals surface area (Å²) < 4.78 is 28.8. The van der Waals surface area contributed by atoms with Crippen molar-refractivity contribution in [2.24, 2.45) is 7.05 Å². The minimum atomic E-state index is -3.96. The van der Waals surface area contributed by atoms with E-state index in [1.54, 1.807) is 31.3 Å². The Morgan fingerprint density at radius 1 is 1.24 bits per heavy atom. The second kappa shape index (κ2) is 9.86. The highest BCUT2D eigenvalue weighted by Gasteiger charge is 2.57. The number of sulfonamides is 1. The summed E-state index contributed by atoms with van der Waals surface area (Å²) in [4.78, 5) is 27.7. The molecule has 1 fully saturated rings. The Kier molecular flexibility index (Phi) is 7.13. The number of nitrogens with zero attached hydrogens (tertiary/aromatic N) is 4. The van der Waals surface area contributed by atoms with E-state index in [-0.39, 0.29) is 31.0 Å². The number of benzene rings is 1. The Bertz CT molecular complexity index is 1350. The van der Waals surface area contributed by atoms with Crippen LogP contribution in [0.1, 0.15) is 57.4 Å². The lowest BCUT2D eigenvalue weighted by Crippen LogP contribution is -2.57. The predicted molar refractivity (Wildman–Crippen MR) is 132 cm³/mol. The molecule has 2 amide bonds. The number of carbonyl (C=O) groups excluding carboxylic acids is 2. The molecule has 2 heterocycles. The van der Waals surface area contributed by atoms with E-state index in [0.29, 0.717) is 30.4 Å². The van der Waals surface area contributed by atoms with Crippen LogP contribution in [0.5, 0.6) is 0 Å². The number of aliphatic hydroxyl groups is 2. The molecule has 1 saturated carbocycles. The number of nitriles is 1. The maximum atomic E-state index is 13.4. The quantitative estimate of drug-likeness (QED) is 0.315. The number of nitrogens with one attached hydrogen (secondary N) is 2. The maximum Gasteiger partial charge on any atom is 0.272 e. The van der Waals surface area contributed by atoms with E-state index < -0.39 is 45.3 Å². The van der Waals surface area contributed by atoms with Crippen LogP contribution in [0, 0.1) is 11.3 Å². The van der Waals surface area contributed by atoms with Crippen LogP contribution in [0.25, 0.3) is 0 Å². The van der Waals surface area contributed by atoms with Crippen LogP contribution in [-0.2, 0) is 30.0 Å². The molecule has 1 aliphatic carbocycles. The zero-order valence-corrected chi connectivity index (χ0v) is 21.5. The summed E-state index contributed by atoms with van der Waals surface area (Å²) in [7, 11) is -2.39. The molecule has 2 aliphatic rings. The molecule has 13 heteroatoms. The SMILES string of the molecule is Cn1nc(C(=O)NCc2ccc(C#N)cc2)c2c1C(=O)N(CC1(S(=O)(=O)NC(C)(CO)CO)CC1)CC2. The first-order valence-electron chi connectivity index (χ1n) is 11.9. The van der Waals surface area contributed by atoms with Crippen molar-refractivity contribution < 1.29 is 28.2 Å². The number of hydrogen-bond donors (Lipinski definition) is 4. The fraction of sp³-hybridized carbons (Fsp3) is 0.500. The van der Waals surface area contributed by atoms with E-state index in [1.807, 2.05) is 6.07 Å². The van der Waals surface area contributed by atoms with E-state index >= 15 is 0 Å². The normalized spacial score (nSPS) is 16.7. The third-order valence-electron chi connectivity index (χ3n) is 6.95. The number of fused-ring (bicyclic) bond motifs is 1. The van der Waals surface area contributed by atoms with Gasteiger partial charge in [0.05, 0.1) is 30.4 Å². The van der Waals surface area contributed by atoms with Gasteiger partial charge in [-0.3, -0.25) is 14.3 Å². The van der Waals surface area contributed by atoms with E-state index in [0.717, 1.165) is 5.56 Å². The first kappa shape index (κ1) is 26.7. The highest BCUT2D eigenvalue weighted by atomic mass is 32.2. The Balaban J connectivity index is 1.47. The minimum Gasteiger partial charge on any atom is -0.394 e. The lowest BCUT2D eigenvalue weighted by Gasteiger charge is -2.33. The summed E-state index contributed by atoms with van der Waals surface area (Å²) in [6, 6.07) is 8.85. The molecule has 1 aromatic carbocycles. The predicted octanol–water partition coefficient (Wildman–Crippen LogP) is -0.585. The van der Waals surface area contributed by atoms with Gasteiger partial charge in [0.25, 0.3) is 11.8 Å². The van der Waals surface area contributed by atoms with E-state index in [4.69, 9.17) is 5.26 Å². The van der Waals surface area contributed by atoms with Crippen LogP contribution in [0.2, 0.25) is 0 Å². The Morgan fingerprint density at radius 3 is 2.46 bits per heavy atom. The molecule has 0 bridgehead atoms. The van der Waals surface area contributed by atoms with Crippen LogP contribution < -0.4 is 10.0 Å². The van der Waals surface area contributed by atoms with E-state index in [1.165, 1.54) is 16.5 Å². The smallest absolute Gasteiger partial charge is 0.272 e. The zero-order valence-electron chi connectivity index (χ0n) is 20.7. The zero-order chi connectivity index (χ0) is 27.0. The number of amides is 2. The summed E-state index contributed by atoms with van der Waals surface area (Å²) in [5.41, 5.74) is 0.824. The van der Waals surface area contributed by atoms with Gasteiger partial charge in [-0.05, 0) is 43.9 Å². The number of carbonyl (C=O) groups is 2. The molecular weight excluding hydrogens is 500 g/mol. The third-order valence-corrected chi connectivity index (χ3v) is 9.39. The third kappa shape index (κ3) is 5.10. The first-order chi connectivity index (χ1) is 17.5. The largest absolute Gasteiger partial charge is 0.394 e. The maximum absolute atomic E-state index is 13.4. The van der Waals surface area contributed by atoms with Gasteiger partial charge >= 0.3 is 0 Å². The fourth-order valence-corrected chi connectivity index (χ4v) is 6.37. The number of rotatable bonds is 10. The van der Waals surface area contributed by atoms with Gasteiger partial charge in [-0.25, -0.2) is 13.1 Å². The van der Waals surface area contributed by atoms with Gasteiger partial charge in [-0.1, -0.05) is 12.1 Å². The molecule has 12 nitrogen and oxygen atoms in total. The van der Waals surface area contributed by atoms with E-state index in [2.05, 4.69) is 15.1 Å². The van der Waals surface area contributed by atoms with E-state index in [9.17, 15) is 28.2 Å². The second-order valence-corrected chi connectivity index (χ2v) is 12.0. The highest BCUT2D eigenvalue weighted by Crippen LogP contribution is 2.45. The van der Waals surface area contributed by atoms with Gasteiger partial charge in [0.15, 0.2) is 5.69 Å². The lowest BCUT2D eigenvalue weighted by molar-refractivity contribution is 0.0723. The van der Waals surface area contributed by atoms with Crippen molar-refractivity contribution in [2.45, 2.75) is 43.0 Å². The highest BCUT2D eigenvalue weighted by molar-refractivity contribution is 7.91. The van der Waals surface area contributed by atoms with Gasteiger partial charge in [0.1, 0.15) is 10.4 Å². The first-order valence-corrected chi connectivity index (χ1v) is 13.3. The van der Waals surface area contributed by atoms with Crippen molar-refractivity contribution in [3.8, 4) is 6.07 Å². The summed E-state index contributed by atoms with van der Waals surface area (Å²) in [5, 5.41) is 35.0. The molecule has 4 N–H and O–H groups in total. The van der Waals surface area contributed by atoms with Crippen LogP contribution in [0.15, 0.2) is 24.3 Å². The molecule has 0 unspecified atom stereocenters. The Labute approximate surface area is 214 Å². The molecular formula is C24H30N6O6S. The summed E-state index contributed by atoms with van der Waals surface area (Å²) in [5.74, 6) is -0.837. The van der Waals surface area contributed by atoms with Crippen molar-refractivity contribution in [1.82, 2.24) is 24.7 Å². The monoisotopic (exact) mass is 530 g/mol. The van der Waals surface area contributed by atoms with Gasteiger partial charge in [0, 0.05) is 32.2 Å². The van der Waals surface area contributed by atoms with Crippen LogP contribution in [0.3, 0.4) is 0 Å². The number of aromatic nitrogens is 2. The summed E-state index contributed by atoms with van der Waals surface area (Å²) in [6.45, 7) is 0.666. The van der Waals surface area contributed by atoms with Crippen molar-refractivity contribution in [2.75, 3.05) is 26.3 Å². The second-order valence-electron chi connectivity index (χ2n) is 9.93. The molecule has 0 radical (unpaired) electrons. The number of hydrogen-bond acceptors (Lipinski definition) is 8. The molecule has 1 aromatic heterocycles. The van der Waals surface area contributed by atoms with Crippen molar-refractivity contribution >= 4 is 21.8 Å². The van der Waals surface area contributed by atoms with Gasteiger partial charge in [0.2, 0.25) is 10.0 Å². The molecule has 0 atom stereocenters. The molecule has 198 valence electrons. The van der Waals surface area contributed by atoms with Crippen molar-refractivity contribution in [3.63, 3.8) is 0 Å². The molecule has 37 heavy (non-hydrogen) atoms. The molecule has 4 rings (SSSR count). The fourth-order valence-electron chi connectivity index (χ4n) is 4.41. The van der Waals surface area contributed by atoms with Crippen LogP contribution >= 0.6 is 0 Å². The van der Waals surface area contributed by atoms with Crippen molar-refractivity contribution in [1.29, 1.82) is 5.26 Å². The lowest BCUT2D eigenvalue weighted by atomic mass is 10.0. The minimum absolute atomic E-state index is 0.0427. The molecule has 0 spiro atoms. The Morgan fingerprint density at radius 2 is 1.89 bits per heavy atom. The molecule has 1 aliphatic heterocycles. The standard InChI is InChI=1S/C24H30N6O6S/c1-23(14-31,15-32)28-37(35,36)24(8-9-24)13-30-10-7-18-19(27-29(2)20(18)22(30)34)21(33)26-12-17-5-3-16(11-25)4-6-17/h3-6,28,31-32H,7-10,12-15H2,1-2H3,(H,26,33). The molecule has 2 aromatic rings. The Hall–Kier alpha value is -3.31. The average molecular weight is 531 g/mol. The average Bonchev–Trinajstić information content (AvgIpc) is 3.60. The van der Waals surface area contributed by atoms with Crippen LogP contribution in [0.4, 0.5) is 0 Å². The van der Waals surface area contributed by atoms with Gasteiger partial charge in [-0.2, -0.15) is 10.4 Å². The topological polar surface area (TPSA) is 178 Å². The van der Waals surface area contributed by atoms with Crippen LogP contribution in [-0.4, -0.2) is 81.7 Å². The summed E-state index contributed by atoms with van der Waals surface area (Å²) in [6.07, 6.45) is 1.03. The number of aryl methyl sites for hydroxylation is 1. The summed E-state index contributed by atoms with van der Waals surface area (Å²) >= 11 is 0. The molecule has 0 saturated heterocycles.